The van der Waals surface area contributed by atoms with E-state index in [9.17, 15) is 0 Å². The maximum absolute atomic E-state index is 7.17. The predicted octanol–water partition coefficient (Wildman–Crippen LogP) is 13.2. The molecule has 0 bridgehead atoms. The van der Waals surface area contributed by atoms with Gasteiger partial charge in [-0.05, 0) is 114 Å². The number of aromatic nitrogens is 2. The normalized spacial score (nSPS) is 17.1. The van der Waals surface area contributed by atoms with Crippen molar-refractivity contribution in [3.63, 3.8) is 0 Å². The molecule has 3 aromatic carbocycles. The number of aryl methyl sites for hydroxylation is 1. The van der Waals surface area contributed by atoms with E-state index in [1.807, 2.05) is 0 Å². The van der Waals surface area contributed by atoms with Crippen molar-refractivity contribution in [2.75, 3.05) is 0 Å². The van der Waals surface area contributed by atoms with Crippen LogP contribution in [-0.2, 0) is 35.5 Å². The third kappa shape index (κ3) is 5.89. The number of rotatable bonds is 6. The van der Waals surface area contributed by atoms with E-state index in [1.165, 1.54) is 55.8 Å². The monoisotopic (exact) mass is 754 g/mol. The van der Waals surface area contributed by atoms with Crippen molar-refractivity contribution in [1.29, 1.82) is 0 Å². The first-order valence-electron chi connectivity index (χ1n) is 19.6. The summed E-state index contributed by atoms with van der Waals surface area (Å²) in [4.78, 5) is 0. The lowest BCUT2D eigenvalue weighted by Gasteiger charge is -2.38. The van der Waals surface area contributed by atoms with Gasteiger partial charge in [0.25, 0.3) is 0 Å². The molecule has 0 fully saturated rings. The van der Waals surface area contributed by atoms with Crippen LogP contribution in [0.15, 0.2) is 66.8 Å². The third-order valence-corrected chi connectivity index (χ3v) is 13.8. The number of allylic oxidation sites excluding steroid dienone is 3. The van der Waals surface area contributed by atoms with Crippen LogP contribution in [-0.4, -0.2) is 8.68 Å². The second-order valence-electron chi connectivity index (χ2n) is 17.9. The zero-order chi connectivity index (χ0) is 37.6. The van der Waals surface area contributed by atoms with E-state index in [-0.39, 0.29) is 34.2 Å². The van der Waals surface area contributed by atoms with Gasteiger partial charge in [-0.1, -0.05) is 104 Å². The van der Waals surface area contributed by atoms with Gasteiger partial charge in [0.1, 0.15) is 0 Å². The molecule has 0 saturated carbocycles. The molecule has 0 N–H and O–H groups in total. The average molecular weight is 755 g/mol. The van der Waals surface area contributed by atoms with Crippen LogP contribution in [0.1, 0.15) is 131 Å². The van der Waals surface area contributed by atoms with Gasteiger partial charge in [-0.25, -0.2) is 0 Å². The fourth-order valence-corrected chi connectivity index (χ4v) is 10.5. The molecule has 0 spiro atoms. The Bertz CT molecular complexity index is 2390. The molecule has 54 heavy (non-hydrogen) atoms. The highest BCUT2D eigenvalue weighted by atomic mass is 31.1. The fourth-order valence-electron chi connectivity index (χ4n) is 8.64. The Kier molecular flexibility index (Phi) is 8.60. The molecular weight excluding hydrogens is 702 g/mol. The van der Waals surface area contributed by atoms with Gasteiger partial charge in [0.2, 0.25) is 0 Å². The molecule has 278 valence electrons. The minimum absolute atomic E-state index is 0.0519. The van der Waals surface area contributed by atoms with Crippen molar-refractivity contribution in [3.8, 4) is 23.0 Å². The van der Waals surface area contributed by atoms with E-state index in [1.54, 1.807) is 0 Å². The first kappa shape index (κ1) is 35.6. The van der Waals surface area contributed by atoms with E-state index in [0.717, 1.165) is 72.6 Å². The number of benzene rings is 3. The number of para-hydroxylation sites is 1. The number of fused-ring (bicyclic) bond motifs is 8. The molecule has 0 amide bonds. The second kappa shape index (κ2) is 13.0. The maximum atomic E-state index is 7.17. The van der Waals surface area contributed by atoms with Gasteiger partial charge in [-0.2, -0.15) is 0 Å². The van der Waals surface area contributed by atoms with Crippen LogP contribution in [0.25, 0.3) is 29.1 Å². The topological polar surface area (TPSA) is 37.5 Å². The average Bonchev–Trinajstić information content (AvgIpc) is 3.64. The fraction of sp³-hybridized carbons (Fsp3) is 0.362. The van der Waals surface area contributed by atoms with E-state index in [4.69, 9.17) is 13.8 Å². The summed E-state index contributed by atoms with van der Waals surface area (Å²) < 4.78 is 25.9. The SMILES string of the molecule is CC(C)(C)c1cc(OPn2c3c(c4c2C=CCC4)CCC=C3)c2c(c1)C(C)(C)c1cc(C(C)(C)C)cc(OPn3c4c(c5ccccc53)CCC=C4)c1O2. The predicted molar refractivity (Wildman–Crippen MR) is 230 cm³/mol. The highest BCUT2D eigenvalue weighted by Gasteiger charge is 2.40. The summed E-state index contributed by atoms with van der Waals surface area (Å²) in [6.07, 6.45) is 20.3. The molecule has 5 nitrogen and oxygen atoms in total. The summed E-state index contributed by atoms with van der Waals surface area (Å²) in [5.74, 6) is 3.14. The van der Waals surface area contributed by atoms with Crippen LogP contribution < -0.4 is 13.8 Å². The minimum Gasteiger partial charge on any atom is -0.451 e. The summed E-state index contributed by atoms with van der Waals surface area (Å²) in [7, 11) is 0.132. The van der Waals surface area contributed by atoms with E-state index in [2.05, 4.69) is 149 Å². The van der Waals surface area contributed by atoms with Gasteiger partial charge in [-0.15, -0.1) is 0 Å². The second-order valence-corrected chi connectivity index (χ2v) is 19.6. The molecule has 2 atom stereocenters. The largest absolute Gasteiger partial charge is 0.451 e. The van der Waals surface area contributed by atoms with Crippen LogP contribution in [0, 0.1) is 0 Å². The van der Waals surface area contributed by atoms with E-state index < -0.39 is 0 Å². The maximum Gasteiger partial charge on any atom is 0.182 e. The molecule has 3 heterocycles. The molecule has 9 rings (SSSR count). The number of hydrogen-bond acceptors (Lipinski definition) is 3. The molecule has 4 aliphatic rings. The lowest BCUT2D eigenvalue weighted by atomic mass is 9.72. The Morgan fingerprint density at radius 3 is 1.59 bits per heavy atom. The number of ether oxygens (including phenoxy) is 1. The molecule has 7 heteroatoms. The summed E-state index contributed by atoms with van der Waals surface area (Å²) in [6, 6.07) is 17.9. The lowest BCUT2D eigenvalue weighted by molar-refractivity contribution is 0.384. The Balaban J connectivity index is 1.15. The van der Waals surface area contributed by atoms with E-state index >= 15 is 0 Å². The first-order valence-corrected chi connectivity index (χ1v) is 21.3. The van der Waals surface area contributed by atoms with Gasteiger partial charge < -0.3 is 13.8 Å². The third-order valence-electron chi connectivity index (χ3n) is 11.9. The zero-order valence-electron chi connectivity index (χ0n) is 32.9. The van der Waals surface area contributed by atoms with Crippen molar-refractivity contribution < 1.29 is 13.8 Å². The molecule has 2 aromatic heterocycles. The van der Waals surface area contributed by atoms with Crippen molar-refractivity contribution in [2.24, 2.45) is 0 Å². The molecule has 0 radical (unpaired) electrons. The Labute approximate surface area is 324 Å². The first-order chi connectivity index (χ1) is 25.8. The van der Waals surface area contributed by atoms with Crippen LogP contribution in [0.4, 0.5) is 0 Å². The smallest absolute Gasteiger partial charge is 0.182 e. The Morgan fingerprint density at radius 2 is 1.07 bits per heavy atom. The van der Waals surface area contributed by atoms with Gasteiger partial charge in [0.05, 0.1) is 22.6 Å². The summed E-state index contributed by atoms with van der Waals surface area (Å²) >= 11 is 0. The number of hydrogen-bond donors (Lipinski definition) is 0. The zero-order valence-corrected chi connectivity index (χ0v) is 34.9. The molecule has 1 aliphatic heterocycles. The van der Waals surface area contributed by atoms with Gasteiger partial charge >= 0.3 is 0 Å². The summed E-state index contributed by atoms with van der Waals surface area (Å²) in [6.45, 7) is 18.3. The quantitative estimate of drug-likeness (QED) is 0.162. The summed E-state index contributed by atoms with van der Waals surface area (Å²) in [5.41, 5.74) is 13.7. The lowest BCUT2D eigenvalue weighted by Crippen LogP contribution is -2.27. The Morgan fingerprint density at radius 1 is 0.611 bits per heavy atom. The Hall–Kier alpha value is -4.04. The standard InChI is InChI=1S/C47H52N2O3P2/c1-45(2,3)29-25-35-43(41(27-29)51-53-48-37-21-13-9-17-31(37)32-18-10-14-22-38(32)48)50-44-36(47(35,7)8)26-30(46(4,5)6)28-42(44)52-54-49-39-23-15-11-19-33(39)34-20-12-16-24-40(34)49/h9,13-17,21-28,53-54H,10-12,18-20H2,1-8H3. The van der Waals surface area contributed by atoms with Crippen molar-refractivity contribution in [3.05, 3.63) is 123 Å². The van der Waals surface area contributed by atoms with Gasteiger partial charge in [-0.3, -0.25) is 8.68 Å². The van der Waals surface area contributed by atoms with Gasteiger partial charge in [0, 0.05) is 21.9 Å². The van der Waals surface area contributed by atoms with Crippen LogP contribution >= 0.6 is 17.9 Å². The summed E-state index contributed by atoms with van der Waals surface area (Å²) in [5, 5.41) is 1.32. The van der Waals surface area contributed by atoms with Gasteiger partial charge in [0.15, 0.2) is 40.9 Å². The van der Waals surface area contributed by atoms with Crippen molar-refractivity contribution >= 4 is 47.0 Å². The molecule has 3 aliphatic carbocycles. The molecule has 5 aromatic rings. The molecule has 2 unspecified atom stereocenters. The van der Waals surface area contributed by atoms with E-state index in [0.29, 0.717) is 0 Å². The minimum atomic E-state index is -0.382. The van der Waals surface area contributed by atoms with Crippen molar-refractivity contribution in [1.82, 2.24) is 8.68 Å². The molecular formula is C47H52N2O3P2. The number of nitrogens with zero attached hydrogens (tertiary/aromatic N) is 2. The highest BCUT2D eigenvalue weighted by Crippen LogP contribution is 2.58. The molecule has 0 saturated heterocycles. The van der Waals surface area contributed by atoms with Crippen molar-refractivity contribution in [2.45, 2.75) is 110 Å². The highest BCUT2D eigenvalue weighted by molar-refractivity contribution is 7.31. The van der Waals surface area contributed by atoms with Crippen LogP contribution in [0.5, 0.6) is 23.0 Å². The van der Waals surface area contributed by atoms with Crippen LogP contribution in [0.3, 0.4) is 0 Å². The van der Waals surface area contributed by atoms with Crippen LogP contribution in [0.2, 0.25) is 0 Å².